The van der Waals surface area contributed by atoms with E-state index in [1.165, 1.54) is 12.1 Å². The Hall–Kier alpha value is -3.46. The van der Waals surface area contributed by atoms with Gasteiger partial charge in [-0.25, -0.2) is 18.1 Å². The Labute approximate surface area is 192 Å². The van der Waals surface area contributed by atoms with E-state index in [4.69, 9.17) is 4.74 Å². The summed E-state index contributed by atoms with van der Waals surface area (Å²) in [5.74, 6) is -0.0204. The van der Waals surface area contributed by atoms with Crippen LogP contribution >= 0.6 is 0 Å². The second kappa shape index (κ2) is 8.15. The molecule has 1 saturated heterocycles. The first-order valence-corrected chi connectivity index (χ1v) is 12.3. The van der Waals surface area contributed by atoms with Gasteiger partial charge in [0.1, 0.15) is 6.10 Å². The van der Waals surface area contributed by atoms with Gasteiger partial charge in [0.2, 0.25) is 11.8 Å². The first-order valence-electron chi connectivity index (χ1n) is 10.8. The van der Waals surface area contributed by atoms with Crippen LogP contribution in [0, 0.1) is 13.8 Å². The minimum atomic E-state index is -4.02. The highest BCUT2D eigenvalue weighted by atomic mass is 32.2. The molecule has 8 nitrogen and oxygen atoms in total. The smallest absolute Gasteiger partial charge is 0.264 e. The van der Waals surface area contributed by atoms with E-state index in [2.05, 4.69) is 14.7 Å². The lowest BCUT2D eigenvalue weighted by Gasteiger charge is -2.32. The SMILES string of the molecule is Cc1cccc(C)c1-c1cc2nc(n1)NS(=O)(=O)c1cccc(c1)C(=O)N1CCC[C@@H](C1)O2. The van der Waals surface area contributed by atoms with Crippen LogP contribution in [-0.2, 0) is 10.0 Å². The summed E-state index contributed by atoms with van der Waals surface area (Å²) in [4.78, 5) is 23.6. The minimum Gasteiger partial charge on any atom is -0.472 e. The molecule has 1 N–H and O–H groups in total. The molecule has 1 atom stereocenters. The number of aryl methyl sites for hydroxylation is 2. The maximum atomic E-state index is 13.1. The van der Waals surface area contributed by atoms with Gasteiger partial charge in [-0.05, 0) is 56.0 Å². The number of nitrogens with one attached hydrogen (secondary N) is 1. The molecule has 3 aromatic rings. The van der Waals surface area contributed by atoms with Gasteiger partial charge >= 0.3 is 0 Å². The molecular weight excluding hydrogens is 440 g/mol. The number of benzene rings is 2. The number of hydrogen-bond acceptors (Lipinski definition) is 6. The average Bonchev–Trinajstić information content (AvgIpc) is 2.78. The van der Waals surface area contributed by atoms with Crippen LogP contribution < -0.4 is 9.46 Å². The number of piperidine rings is 1. The van der Waals surface area contributed by atoms with E-state index < -0.39 is 10.0 Å². The van der Waals surface area contributed by atoms with Gasteiger partial charge in [0.15, 0.2) is 0 Å². The van der Waals surface area contributed by atoms with Crippen LogP contribution in [0.15, 0.2) is 53.4 Å². The van der Waals surface area contributed by atoms with Crippen LogP contribution in [0.3, 0.4) is 0 Å². The molecule has 2 aromatic carbocycles. The Morgan fingerprint density at radius 3 is 2.61 bits per heavy atom. The van der Waals surface area contributed by atoms with Crippen LogP contribution in [0.5, 0.6) is 5.88 Å². The summed E-state index contributed by atoms with van der Waals surface area (Å²) in [5, 5.41) is 0. The average molecular weight is 465 g/mol. The highest BCUT2D eigenvalue weighted by Crippen LogP contribution is 2.30. The zero-order valence-electron chi connectivity index (χ0n) is 18.4. The van der Waals surface area contributed by atoms with Crippen molar-refractivity contribution in [1.29, 1.82) is 0 Å². The molecule has 3 heterocycles. The first-order chi connectivity index (χ1) is 15.8. The summed E-state index contributed by atoms with van der Waals surface area (Å²) in [6, 6.07) is 13.7. The van der Waals surface area contributed by atoms with E-state index in [-0.39, 0.29) is 28.7 Å². The van der Waals surface area contributed by atoms with Gasteiger partial charge in [0.05, 0.1) is 17.1 Å². The molecule has 0 radical (unpaired) electrons. The Morgan fingerprint density at radius 2 is 1.82 bits per heavy atom. The largest absolute Gasteiger partial charge is 0.472 e. The molecule has 1 amide bonds. The molecule has 0 saturated carbocycles. The number of fused-ring (bicyclic) bond motifs is 6. The van der Waals surface area contributed by atoms with Crippen LogP contribution in [-0.4, -0.2) is 48.4 Å². The first kappa shape index (κ1) is 21.4. The molecule has 2 aliphatic rings. The standard InChI is InChI=1S/C24H24N4O4S/c1-15-6-3-7-16(2)22(15)20-13-21-26-24(25-20)27-33(30,31)19-10-4-8-17(12-19)23(29)28-11-5-9-18(14-28)32-21/h3-4,6-8,10,12-13,18H,5,9,11,14H2,1-2H3,(H,25,26,27)/t18-/m0/s1. The number of nitrogens with zero attached hydrogens (tertiary/aromatic N) is 3. The van der Waals surface area contributed by atoms with Crippen molar-refractivity contribution in [1.82, 2.24) is 14.9 Å². The van der Waals surface area contributed by atoms with Gasteiger partial charge in [0.25, 0.3) is 15.9 Å². The number of aromatic nitrogens is 2. The summed E-state index contributed by atoms with van der Waals surface area (Å²) in [6.07, 6.45) is 1.30. The molecule has 0 aliphatic carbocycles. The van der Waals surface area contributed by atoms with Crippen LogP contribution in [0.4, 0.5) is 5.95 Å². The number of anilines is 1. The van der Waals surface area contributed by atoms with Crippen molar-refractivity contribution in [2.24, 2.45) is 0 Å². The normalized spacial score (nSPS) is 19.4. The van der Waals surface area contributed by atoms with Crippen LogP contribution in [0.2, 0.25) is 0 Å². The van der Waals surface area contributed by atoms with E-state index in [9.17, 15) is 13.2 Å². The monoisotopic (exact) mass is 464 g/mol. The van der Waals surface area contributed by atoms with Crippen LogP contribution in [0.1, 0.15) is 34.3 Å². The van der Waals surface area contributed by atoms with Gasteiger partial charge < -0.3 is 9.64 Å². The van der Waals surface area contributed by atoms with Gasteiger partial charge in [-0.15, -0.1) is 0 Å². The van der Waals surface area contributed by atoms with E-state index in [0.717, 1.165) is 29.5 Å². The fourth-order valence-electron chi connectivity index (χ4n) is 4.43. The van der Waals surface area contributed by atoms with Crippen molar-refractivity contribution >= 4 is 21.9 Å². The van der Waals surface area contributed by atoms with Crippen molar-refractivity contribution in [3.8, 4) is 17.1 Å². The Bertz CT molecular complexity index is 1340. The summed E-state index contributed by atoms with van der Waals surface area (Å²) in [7, 11) is -4.02. The highest BCUT2D eigenvalue weighted by molar-refractivity contribution is 7.92. The summed E-state index contributed by atoms with van der Waals surface area (Å²) >= 11 is 0. The second-order valence-corrected chi connectivity index (χ2v) is 10.1. The molecule has 1 fully saturated rings. The van der Waals surface area contributed by atoms with Gasteiger partial charge in [-0.1, -0.05) is 24.3 Å². The lowest BCUT2D eigenvalue weighted by Crippen LogP contribution is -2.44. The number of sulfonamides is 1. The number of ether oxygens (including phenoxy) is 1. The molecule has 2 aliphatic heterocycles. The predicted octanol–water partition coefficient (Wildman–Crippen LogP) is 3.56. The fraction of sp³-hybridized carbons (Fsp3) is 0.292. The molecule has 170 valence electrons. The molecule has 0 spiro atoms. The number of carbonyl (C=O) groups excluding carboxylic acids is 1. The maximum absolute atomic E-state index is 13.1. The predicted molar refractivity (Wildman–Crippen MR) is 124 cm³/mol. The van der Waals surface area contributed by atoms with Gasteiger partial charge in [0, 0.05) is 23.7 Å². The highest BCUT2D eigenvalue weighted by Gasteiger charge is 2.28. The third-order valence-corrected chi connectivity index (χ3v) is 7.34. The zero-order valence-corrected chi connectivity index (χ0v) is 19.2. The van der Waals surface area contributed by atoms with Crippen LogP contribution in [0.25, 0.3) is 11.3 Å². The van der Waals surface area contributed by atoms with Crippen molar-refractivity contribution in [2.45, 2.75) is 37.7 Å². The second-order valence-electron chi connectivity index (χ2n) is 8.45. The third kappa shape index (κ3) is 4.16. The van der Waals surface area contributed by atoms with E-state index >= 15 is 0 Å². The number of carbonyl (C=O) groups is 1. The quantitative estimate of drug-likeness (QED) is 0.591. The van der Waals surface area contributed by atoms with E-state index in [0.29, 0.717) is 24.3 Å². The van der Waals surface area contributed by atoms with E-state index in [1.807, 2.05) is 32.0 Å². The van der Waals surface area contributed by atoms with E-state index in [1.54, 1.807) is 23.1 Å². The lowest BCUT2D eigenvalue weighted by atomic mass is 10.00. The minimum absolute atomic E-state index is 0.0234. The number of hydrogen-bond donors (Lipinski definition) is 1. The third-order valence-electron chi connectivity index (χ3n) is 6.01. The molecule has 1 aromatic heterocycles. The van der Waals surface area contributed by atoms with Crippen molar-refractivity contribution in [3.63, 3.8) is 0 Å². The molecule has 33 heavy (non-hydrogen) atoms. The van der Waals surface area contributed by atoms with Gasteiger partial charge in [-0.3, -0.25) is 4.79 Å². The number of rotatable bonds is 1. The Kier molecular flexibility index (Phi) is 5.28. The maximum Gasteiger partial charge on any atom is 0.264 e. The fourth-order valence-corrected chi connectivity index (χ4v) is 5.41. The summed E-state index contributed by atoms with van der Waals surface area (Å²) in [5.41, 5.74) is 3.81. The zero-order chi connectivity index (χ0) is 23.2. The molecule has 0 unspecified atom stereocenters. The molecule has 6 bridgehead atoms. The van der Waals surface area contributed by atoms with Gasteiger partial charge in [-0.2, -0.15) is 4.98 Å². The molecule has 5 rings (SSSR count). The summed E-state index contributed by atoms with van der Waals surface area (Å²) in [6.45, 7) is 4.96. The topological polar surface area (TPSA) is 101 Å². The molecule has 9 heteroatoms. The lowest BCUT2D eigenvalue weighted by molar-refractivity contribution is 0.0528. The van der Waals surface area contributed by atoms with Crippen molar-refractivity contribution in [3.05, 3.63) is 65.2 Å². The Balaban J connectivity index is 1.68. The molecular formula is C24H24N4O4S. The summed E-state index contributed by atoms with van der Waals surface area (Å²) < 4.78 is 34.9. The Morgan fingerprint density at radius 1 is 1.06 bits per heavy atom. The van der Waals surface area contributed by atoms with Crippen molar-refractivity contribution in [2.75, 3.05) is 17.8 Å². The van der Waals surface area contributed by atoms with Crippen molar-refractivity contribution < 1.29 is 17.9 Å². The number of amides is 1.